The maximum atomic E-state index is 12.6. The number of carbonyl (C=O) groups is 4. The van der Waals surface area contributed by atoms with E-state index in [-0.39, 0.29) is 40.6 Å². The van der Waals surface area contributed by atoms with E-state index in [4.69, 9.17) is 0 Å². The number of unbranched alkanes of at least 4 members (excludes halogenated alkanes) is 2. The third kappa shape index (κ3) is 7.51. The van der Waals surface area contributed by atoms with Crippen molar-refractivity contribution >= 4 is 35.1 Å². The molecule has 0 N–H and O–H groups in total. The van der Waals surface area contributed by atoms with Gasteiger partial charge >= 0.3 is 0 Å². The van der Waals surface area contributed by atoms with Gasteiger partial charge in [-0.25, -0.2) is 0 Å². The average Bonchev–Trinajstić information content (AvgIpc) is 3.00. The Labute approximate surface area is 187 Å². The third-order valence-electron chi connectivity index (χ3n) is 6.83. The van der Waals surface area contributed by atoms with Crippen LogP contribution >= 0.6 is 11.8 Å². The number of rotatable bonds is 16. The fourth-order valence-electron chi connectivity index (χ4n) is 3.95. The van der Waals surface area contributed by atoms with Gasteiger partial charge in [0.25, 0.3) is 0 Å². The van der Waals surface area contributed by atoms with Crippen LogP contribution in [0.15, 0.2) is 0 Å². The number of nitrogens with zero attached hydrogens (tertiary/aromatic N) is 1. The molecule has 0 bridgehead atoms. The van der Waals surface area contributed by atoms with Gasteiger partial charge in [0, 0.05) is 42.9 Å². The van der Waals surface area contributed by atoms with Crippen molar-refractivity contribution in [3.05, 3.63) is 0 Å². The van der Waals surface area contributed by atoms with E-state index in [9.17, 15) is 19.2 Å². The van der Waals surface area contributed by atoms with Gasteiger partial charge in [0.05, 0.1) is 5.25 Å². The number of Topliss-reactive ketones (excluding diaryl/α,β-unsaturated/α-hetero) is 2. The first-order chi connectivity index (χ1) is 14.2. The maximum Gasteiger partial charge on any atom is 0.242 e. The quantitative estimate of drug-likeness (QED) is 0.244. The third-order valence-corrected chi connectivity index (χ3v) is 8.04. The monoisotopic (exact) mass is 439 g/mol. The Morgan fingerprint density at radius 3 is 2.23 bits per heavy atom. The molecule has 0 saturated carbocycles. The summed E-state index contributed by atoms with van der Waals surface area (Å²) in [5.41, 5.74) is -0.221. The van der Waals surface area contributed by atoms with Gasteiger partial charge in [0.15, 0.2) is 0 Å². The molecule has 30 heavy (non-hydrogen) atoms. The van der Waals surface area contributed by atoms with Gasteiger partial charge in [-0.15, -0.1) is 11.8 Å². The minimum Gasteiger partial charge on any atom is -0.299 e. The Kier molecular flexibility index (Phi) is 11.9. The number of carbonyl (C=O) groups excluding carboxylic acids is 4. The second-order valence-corrected chi connectivity index (χ2v) is 9.99. The van der Waals surface area contributed by atoms with Crippen molar-refractivity contribution < 1.29 is 19.2 Å². The number of hydrogen-bond donors (Lipinski definition) is 0. The highest BCUT2D eigenvalue weighted by Gasteiger charge is 2.38. The number of likely N-dealkylation sites (tertiary alicyclic amines) is 1. The molecular formula is C24H41NO4S. The summed E-state index contributed by atoms with van der Waals surface area (Å²) >= 11 is 1.44. The molecule has 0 radical (unpaired) electrons. The Morgan fingerprint density at radius 2 is 1.67 bits per heavy atom. The molecule has 5 nitrogen and oxygen atoms in total. The number of thioether (sulfide) groups is 1. The van der Waals surface area contributed by atoms with Crippen LogP contribution in [-0.4, -0.2) is 45.8 Å². The SMILES string of the molecule is CCC(CC)C(=O)CCS[C@@H]1CC(=O)N(CCCCCC(=O)C(C)(CC)CC)C1=O. The second kappa shape index (κ2) is 13.3. The highest BCUT2D eigenvalue weighted by Crippen LogP contribution is 2.29. The van der Waals surface area contributed by atoms with Crippen LogP contribution in [0.4, 0.5) is 0 Å². The van der Waals surface area contributed by atoms with Crippen LogP contribution in [0.25, 0.3) is 0 Å². The molecule has 1 atom stereocenters. The van der Waals surface area contributed by atoms with Crippen LogP contribution in [-0.2, 0) is 19.2 Å². The summed E-state index contributed by atoms with van der Waals surface area (Å²) in [6.07, 6.45) is 7.11. The lowest BCUT2D eigenvalue weighted by Gasteiger charge is -2.24. The maximum absolute atomic E-state index is 12.6. The molecule has 1 aliphatic heterocycles. The molecule has 1 aliphatic rings. The zero-order chi connectivity index (χ0) is 22.7. The molecule has 0 aromatic carbocycles. The highest BCUT2D eigenvalue weighted by molar-refractivity contribution is 8.00. The van der Waals surface area contributed by atoms with E-state index < -0.39 is 0 Å². The number of amides is 2. The predicted molar refractivity (Wildman–Crippen MR) is 123 cm³/mol. The van der Waals surface area contributed by atoms with E-state index in [0.29, 0.717) is 30.9 Å². The van der Waals surface area contributed by atoms with E-state index in [1.165, 1.54) is 16.7 Å². The summed E-state index contributed by atoms with van der Waals surface area (Å²) in [7, 11) is 0. The smallest absolute Gasteiger partial charge is 0.242 e. The van der Waals surface area contributed by atoms with Gasteiger partial charge in [-0.1, -0.05) is 41.0 Å². The lowest BCUT2D eigenvalue weighted by molar-refractivity contribution is -0.138. The largest absolute Gasteiger partial charge is 0.299 e. The van der Waals surface area contributed by atoms with Gasteiger partial charge in [-0.05, 0) is 38.5 Å². The average molecular weight is 440 g/mol. The molecule has 1 rings (SSSR count). The lowest BCUT2D eigenvalue weighted by atomic mass is 9.78. The summed E-state index contributed by atoms with van der Waals surface area (Å²) in [6.45, 7) is 10.6. The zero-order valence-electron chi connectivity index (χ0n) is 19.6. The summed E-state index contributed by atoms with van der Waals surface area (Å²) in [5, 5.41) is -0.344. The predicted octanol–water partition coefficient (Wildman–Crippen LogP) is 5.20. The molecule has 0 aliphatic carbocycles. The van der Waals surface area contributed by atoms with Crippen LogP contribution in [0, 0.1) is 11.3 Å². The topological polar surface area (TPSA) is 71.5 Å². The van der Waals surface area contributed by atoms with Crippen LogP contribution in [0.2, 0.25) is 0 Å². The van der Waals surface area contributed by atoms with Gasteiger partial charge in [0.1, 0.15) is 11.6 Å². The first kappa shape index (κ1) is 26.9. The van der Waals surface area contributed by atoms with Crippen molar-refractivity contribution in [1.29, 1.82) is 0 Å². The normalized spacial score (nSPS) is 17.3. The van der Waals surface area contributed by atoms with E-state index in [1.807, 2.05) is 20.8 Å². The van der Waals surface area contributed by atoms with Crippen molar-refractivity contribution in [2.75, 3.05) is 12.3 Å². The Hall–Kier alpha value is -1.17. The van der Waals surface area contributed by atoms with Crippen LogP contribution in [0.1, 0.15) is 98.8 Å². The molecule has 0 spiro atoms. The van der Waals surface area contributed by atoms with Gasteiger partial charge in [-0.3, -0.25) is 24.1 Å². The van der Waals surface area contributed by atoms with E-state index in [0.717, 1.165) is 44.9 Å². The van der Waals surface area contributed by atoms with Crippen molar-refractivity contribution in [1.82, 2.24) is 4.90 Å². The number of imide groups is 1. The fraction of sp³-hybridized carbons (Fsp3) is 0.833. The molecule has 0 unspecified atom stereocenters. The van der Waals surface area contributed by atoms with Gasteiger partial charge in [0.2, 0.25) is 11.8 Å². The lowest BCUT2D eigenvalue weighted by Crippen LogP contribution is -2.32. The molecule has 6 heteroatoms. The molecular weight excluding hydrogens is 398 g/mol. The zero-order valence-corrected chi connectivity index (χ0v) is 20.4. The van der Waals surface area contributed by atoms with Crippen molar-refractivity contribution in [3.63, 3.8) is 0 Å². The minimum absolute atomic E-state index is 0.107. The van der Waals surface area contributed by atoms with Crippen molar-refractivity contribution in [3.8, 4) is 0 Å². The van der Waals surface area contributed by atoms with Gasteiger partial charge < -0.3 is 0 Å². The first-order valence-corrected chi connectivity index (χ1v) is 12.8. The van der Waals surface area contributed by atoms with E-state index in [2.05, 4.69) is 13.8 Å². The number of ketones is 2. The molecule has 2 amide bonds. The number of hydrogen-bond acceptors (Lipinski definition) is 5. The van der Waals surface area contributed by atoms with E-state index >= 15 is 0 Å². The first-order valence-electron chi connectivity index (χ1n) is 11.8. The van der Waals surface area contributed by atoms with Crippen molar-refractivity contribution in [2.45, 2.75) is 104 Å². The van der Waals surface area contributed by atoms with Crippen LogP contribution in [0.3, 0.4) is 0 Å². The van der Waals surface area contributed by atoms with E-state index in [1.54, 1.807) is 0 Å². The summed E-state index contributed by atoms with van der Waals surface area (Å²) in [6, 6.07) is 0. The van der Waals surface area contributed by atoms with Crippen LogP contribution < -0.4 is 0 Å². The molecule has 0 aromatic rings. The fourth-order valence-corrected chi connectivity index (χ4v) is 5.08. The second-order valence-electron chi connectivity index (χ2n) is 8.68. The molecule has 1 fully saturated rings. The Bertz CT molecular complexity index is 596. The van der Waals surface area contributed by atoms with Crippen molar-refractivity contribution in [2.24, 2.45) is 11.3 Å². The highest BCUT2D eigenvalue weighted by atomic mass is 32.2. The minimum atomic E-state index is -0.344. The Morgan fingerprint density at radius 1 is 1.03 bits per heavy atom. The summed E-state index contributed by atoms with van der Waals surface area (Å²) in [4.78, 5) is 50.7. The molecule has 0 aromatic heterocycles. The van der Waals surface area contributed by atoms with Crippen LogP contribution in [0.5, 0.6) is 0 Å². The molecule has 1 heterocycles. The summed E-state index contributed by atoms with van der Waals surface area (Å²) < 4.78 is 0. The van der Waals surface area contributed by atoms with Gasteiger partial charge in [-0.2, -0.15) is 0 Å². The Balaban J connectivity index is 2.33. The molecule has 1 saturated heterocycles. The summed E-state index contributed by atoms with van der Waals surface area (Å²) in [5.74, 6) is 1.08. The molecule has 172 valence electrons. The standard InChI is InChI=1S/C24H41NO4S/c1-6-18(7-2)19(26)14-16-30-20-17-22(28)25(23(20)29)15-12-10-11-13-21(27)24(5,8-3)9-4/h18,20H,6-17H2,1-5H3/t20-/m1/s1.